The van der Waals surface area contributed by atoms with Crippen LogP contribution >= 0.6 is 23.4 Å². The Morgan fingerprint density at radius 3 is 2.55 bits per heavy atom. The van der Waals surface area contributed by atoms with Crippen LogP contribution in [0.4, 0.5) is 11.6 Å². The lowest BCUT2D eigenvalue weighted by atomic mass is 10.1. The maximum Gasteiger partial charge on any atom is 0.253 e. The molecule has 31 heavy (non-hydrogen) atoms. The predicted octanol–water partition coefficient (Wildman–Crippen LogP) is 5.61. The van der Waals surface area contributed by atoms with Crippen molar-refractivity contribution in [1.82, 2.24) is 14.5 Å². The minimum absolute atomic E-state index is 0.0702. The molecule has 1 aromatic heterocycles. The molecule has 5 rings (SSSR count). The van der Waals surface area contributed by atoms with Gasteiger partial charge in [0.25, 0.3) is 5.91 Å². The number of hydrogen-bond donors (Lipinski definition) is 1. The highest BCUT2D eigenvalue weighted by Gasteiger charge is 2.20. The molecule has 1 amide bonds. The van der Waals surface area contributed by atoms with Crippen LogP contribution in [0.25, 0.3) is 16.7 Å². The summed E-state index contributed by atoms with van der Waals surface area (Å²) in [6.07, 6.45) is 0. The van der Waals surface area contributed by atoms with Gasteiger partial charge in [0.2, 0.25) is 5.95 Å². The second-order valence-corrected chi connectivity index (χ2v) is 9.01. The summed E-state index contributed by atoms with van der Waals surface area (Å²) < 4.78 is 2.06. The van der Waals surface area contributed by atoms with Gasteiger partial charge in [-0.3, -0.25) is 9.36 Å². The van der Waals surface area contributed by atoms with E-state index in [1.807, 2.05) is 89.5 Å². The highest BCUT2D eigenvalue weighted by molar-refractivity contribution is 7.99. The molecule has 3 aromatic carbocycles. The van der Waals surface area contributed by atoms with E-state index in [0.717, 1.165) is 47.0 Å². The molecule has 0 radical (unpaired) electrons. The van der Waals surface area contributed by atoms with Crippen LogP contribution in [0, 0.1) is 0 Å². The molecule has 0 saturated carbocycles. The molecule has 7 heteroatoms. The van der Waals surface area contributed by atoms with Crippen molar-refractivity contribution in [2.45, 2.75) is 0 Å². The molecule has 1 N–H and O–H groups in total. The lowest BCUT2D eigenvalue weighted by Crippen LogP contribution is -2.37. The van der Waals surface area contributed by atoms with Crippen molar-refractivity contribution in [3.05, 3.63) is 83.4 Å². The summed E-state index contributed by atoms with van der Waals surface area (Å²) in [5.74, 6) is 2.72. The molecule has 0 atom stereocenters. The number of thioether (sulfide) groups is 1. The zero-order valence-electron chi connectivity index (χ0n) is 16.8. The summed E-state index contributed by atoms with van der Waals surface area (Å²) in [4.78, 5) is 19.7. The molecule has 2 heterocycles. The smallest absolute Gasteiger partial charge is 0.253 e. The number of carbonyl (C=O) groups excluding carboxylic acids is 1. The standard InChI is InChI=1S/C24H21ClN4OS/c25-18-5-4-6-19(16-18)26-24-27-21-15-17(23(30)28-11-13-31-14-12-28)9-10-22(21)29(24)20-7-2-1-3-8-20/h1-10,15-16H,11-14H2,(H,26,27). The highest BCUT2D eigenvalue weighted by Crippen LogP contribution is 2.29. The zero-order chi connectivity index (χ0) is 21.2. The Morgan fingerprint density at radius 2 is 1.77 bits per heavy atom. The maximum absolute atomic E-state index is 13.0. The van der Waals surface area contributed by atoms with Gasteiger partial charge in [-0.1, -0.05) is 35.9 Å². The number of imidazole rings is 1. The summed E-state index contributed by atoms with van der Waals surface area (Å²) in [5, 5.41) is 4.04. The van der Waals surface area contributed by atoms with Gasteiger partial charge in [-0.25, -0.2) is 4.98 Å². The van der Waals surface area contributed by atoms with Gasteiger partial charge in [0.1, 0.15) is 0 Å². The second-order valence-electron chi connectivity index (χ2n) is 7.35. The average molecular weight is 449 g/mol. The van der Waals surface area contributed by atoms with Gasteiger partial charge in [-0.15, -0.1) is 0 Å². The Morgan fingerprint density at radius 1 is 0.968 bits per heavy atom. The van der Waals surface area contributed by atoms with Crippen LogP contribution in [-0.4, -0.2) is 45.0 Å². The summed E-state index contributed by atoms with van der Waals surface area (Å²) in [5.41, 5.74) is 4.21. The zero-order valence-corrected chi connectivity index (χ0v) is 18.4. The van der Waals surface area contributed by atoms with Crippen molar-refractivity contribution < 1.29 is 4.79 Å². The molecule has 0 spiro atoms. The molecule has 1 fully saturated rings. The number of rotatable bonds is 4. The first kappa shape index (κ1) is 20.0. The fourth-order valence-electron chi connectivity index (χ4n) is 3.78. The number of nitrogens with one attached hydrogen (secondary N) is 1. The molecular weight excluding hydrogens is 428 g/mol. The van der Waals surface area contributed by atoms with E-state index in [2.05, 4.69) is 9.88 Å². The number of halogens is 1. The third-order valence-corrected chi connectivity index (χ3v) is 6.47. The van der Waals surface area contributed by atoms with Crippen LogP contribution < -0.4 is 5.32 Å². The van der Waals surface area contributed by atoms with Crippen LogP contribution in [0.15, 0.2) is 72.8 Å². The van der Waals surface area contributed by atoms with Crippen LogP contribution in [-0.2, 0) is 0 Å². The van der Waals surface area contributed by atoms with Crippen LogP contribution in [0.5, 0.6) is 0 Å². The van der Waals surface area contributed by atoms with Gasteiger partial charge in [-0.05, 0) is 48.5 Å². The third kappa shape index (κ3) is 4.13. The van der Waals surface area contributed by atoms with Crippen molar-refractivity contribution in [3.8, 4) is 5.69 Å². The topological polar surface area (TPSA) is 50.2 Å². The molecule has 5 nitrogen and oxygen atoms in total. The van der Waals surface area contributed by atoms with Gasteiger partial charge < -0.3 is 10.2 Å². The Bertz CT molecular complexity index is 1240. The first-order valence-electron chi connectivity index (χ1n) is 10.2. The summed E-state index contributed by atoms with van der Waals surface area (Å²) in [6.45, 7) is 1.59. The monoisotopic (exact) mass is 448 g/mol. The molecule has 1 aliphatic rings. The Labute approximate surface area is 190 Å². The number of fused-ring (bicyclic) bond motifs is 1. The quantitative estimate of drug-likeness (QED) is 0.440. The van der Waals surface area contributed by atoms with E-state index in [9.17, 15) is 4.79 Å². The summed E-state index contributed by atoms with van der Waals surface area (Å²) in [7, 11) is 0. The van der Waals surface area contributed by atoms with Gasteiger partial charge in [-0.2, -0.15) is 11.8 Å². The SMILES string of the molecule is O=C(c1ccc2c(c1)nc(Nc1cccc(Cl)c1)n2-c1ccccc1)N1CCSCC1. The summed E-state index contributed by atoms with van der Waals surface area (Å²) in [6, 6.07) is 23.4. The van der Waals surface area contributed by atoms with Crippen molar-refractivity contribution in [2.24, 2.45) is 0 Å². The van der Waals surface area contributed by atoms with Crippen molar-refractivity contribution in [2.75, 3.05) is 29.9 Å². The first-order valence-corrected chi connectivity index (χ1v) is 11.7. The first-order chi connectivity index (χ1) is 15.2. The number of anilines is 2. The fourth-order valence-corrected chi connectivity index (χ4v) is 4.87. The predicted molar refractivity (Wildman–Crippen MR) is 129 cm³/mol. The highest BCUT2D eigenvalue weighted by atomic mass is 35.5. The van der Waals surface area contributed by atoms with E-state index in [0.29, 0.717) is 16.5 Å². The number of nitrogens with zero attached hydrogens (tertiary/aromatic N) is 3. The van der Waals surface area contributed by atoms with E-state index in [-0.39, 0.29) is 5.91 Å². The molecule has 1 aliphatic heterocycles. The number of amides is 1. The van der Waals surface area contributed by atoms with Gasteiger partial charge >= 0.3 is 0 Å². The van der Waals surface area contributed by atoms with Gasteiger partial charge in [0, 0.05) is 46.6 Å². The Kier molecular flexibility index (Phi) is 5.57. The van der Waals surface area contributed by atoms with Crippen LogP contribution in [0.2, 0.25) is 5.02 Å². The molecule has 156 valence electrons. The Balaban J connectivity index is 1.58. The minimum Gasteiger partial charge on any atom is -0.337 e. The van der Waals surface area contributed by atoms with Gasteiger partial charge in [0.15, 0.2) is 0 Å². The average Bonchev–Trinajstić information content (AvgIpc) is 3.16. The lowest BCUT2D eigenvalue weighted by Gasteiger charge is -2.26. The van der Waals surface area contributed by atoms with Crippen molar-refractivity contribution in [1.29, 1.82) is 0 Å². The van der Waals surface area contributed by atoms with E-state index in [1.54, 1.807) is 0 Å². The number of benzene rings is 3. The maximum atomic E-state index is 13.0. The fraction of sp³-hybridized carbons (Fsp3) is 0.167. The largest absolute Gasteiger partial charge is 0.337 e. The number of hydrogen-bond acceptors (Lipinski definition) is 4. The minimum atomic E-state index is 0.0702. The molecular formula is C24H21ClN4OS. The lowest BCUT2D eigenvalue weighted by molar-refractivity contribution is 0.0772. The normalized spacial score (nSPS) is 14.0. The van der Waals surface area contributed by atoms with E-state index in [1.165, 1.54) is 0 Å². The van der Waals surface area contributed by atoms with Crippen molar-refractivity contribution >= 4 is 51.9 Å². The molecule has 1 saturated heterocycles. The second kappa shape index (κ2) is 8.65. The molecule has 0 aliphatic carbocycles. The molecule has 0 bridgehead atoms. The van der Waals surface area contributed by atoms with Crippen molar-refractivity contribution in [3.63, 3.8) is 0 Å². The number of para-hydroxylation sites is 1. The number of carbonyl (C=O) groups is 1. The van der Waals surface area contributed by atoms with Crippen LogP contribution in [0.1, 0.15) is 10.4 Å². The van der Waals surface area contributed by atoms with Gasteiger partial charge in [0.05, 0.1) is 11.0 Å². The van der Waals surface area contributed by atoms with E-state index >= 15 is 0 Å². The third-order valence-electron chi connectivity index (χ3n) is 5.29. The van der Waals surface area contributed by atoms with Crippen LogP contribution in [0.3, 0.4) is 0 Å². The van der Waals surface area contributed by atoms with E-state index in [4.69, 9.17) is 16.6 Å². The molecule has 0 unspecified atom stereocenters. The van der Waals surface area contributed by atoms with E-state index < -0.39 is 0 Å². The molecule has 4 aromatic rings. The summed E-state index contributed by atoms with van der Waals surface area (Å²) >= 11 is 8.06. The Hall–Kier alpha value is -2.96. The number of aromatic nitrogens is 2.